The molecule has 0 aliphatic heterocycles. The maximum atomic E-state index is 5.31. The van der Waals surface area contributed by atoms with Crippen LogP contribution in [0.3, 0.4) is 0 Å². The predicted octanol–water partition coefficient (Wildman–Crippen LogP) is 1.43. The van der Waals surface area contributed by atoms with E-state index in [0.29, 0.717) is 11.7 Å². The van der Waals surface area contributed by atoms with E-state index in [1.807, 2.05) is 30.3 Å². The molecule has 0 unspecified atom stereocenters. The number of aryl methyl sites for hydroxylation is 1. The summed E-state index contributed by atoms with van der Waals surface area (Å²) in [5.41, 5.74) is 1.66. The van der Waals surface area contributed by atoms with Gasteiger partial charge in [0.15, 0.2) is 5.82 Å². The lowest BCUT2D eigenvalue weighted by molar-refractivity contribution is 0.401. The number of aromatic nitrogens is 5. The Morgan fingerprint density at radius 2 is 2.06 bits per heavy atom. The van der Waals surface area contributed by atoms with E-state index in [1.54, 1.807) is 18.8 Å². The Hall–Kier alpha value is -2.50. The van der Waals surface area contributed by atoms with Gasteiger partial charge in [-0.1, -0.05) is 18.2 Å². The van der Waals surface area contributed by atoms with Crippen LogP contribution in [0, 0.1) is 0 Å². The number of rotatable bonds is 2. The number of para-hydroxylation sites is 1. The third-order valence-corrected chi connectivity index (χ3v) is 2.74. The van der Waals surface area contributed by atoms with E-state index in [-0.39, 0.29) is 0 Å². The zero-order valence-corrected chi connectivity index (χ0v) is 10.0. The van der Waals surface area contributed by atoms with Crippen LogP contribution in [0.2, 0.25) is 0 Å². The third-order valence-electron chi connectivity index (χ3n) is 2.74. The number of hydrogen-bond donors (Lipinski definition) is 0. The molecule has 3 rings (SSSR count). The molecule has 2 aromatic heterocycles. The van der Waals surface area contributed by atoms with Crippen molar-refractivity contribution >= 4 is 10.9 Å². The zero-order valence-electron chi connectivity index (χ0n) is 10.0. The van der Waals surface area contributed by atoms with Gasteiger partial charge in [0.25, 0.3) is 0 Å². The van der Waals surface area contributed by atoms with Gasteiger partial charge in [-0.3, -0.25) is 0 Å². The summed E-state index contributed by atoms with van der Waals surface area (Å²) < 4.78 is 6.90. The van der Waals surface area contributed by atoms with Crippen LogP contribution in [0.25, 0.3) is 22.3 Å². The molecule has 18 heavy (non-hydrogen) atoms. The van der Waals surface area contributed by atoms with Crippen molar-refractivity contribution in [3.8, 4) is 17.3 Å². The number of nitrogens with zero attached hydrogens (tertiary/aromatic N) is 5. The van der Waals surface area contributed by atoms with E-state index in [1.165, 1.54) is 0 Å². The quantitative estimate of drug-likeness (QED) is 0.679. The van der Waals surface area contributed by atoms with Crippen molar-refractivity contribution in [3.63, 3.8) is 0 Å². The number of benzene rings is 1. The smallest absolute Gasteiger partial charge is 0.224 e. The summed E-state index contributed by atoms with van der Waals surface area (Å²) in [6.07, 6.45) is 0. The molecule has 0 bridgehead atoms. The first-order valence-corrected chi connectivity index (χ1v) is 5.46. The average molecular weight is 241 g/mol. The van der Waals surface area contributed by atoms with Crippen LogP contribution in [-0.2, 0) is 7.05 Å². The Balaban J connectivity index is 2.31. The van der Waals surface area contributed by atoms with Crippen molar-refractivity contribution in [1.82, 2.24) is 25.2 Å². The fourth-order valence-electron chi connectivity index (χ4n) is 1.87. The number of ether oxygens (including phenoxy) is 1. The minimum absolute atomic E-state index is 0.520. The second-order valence-corrected chi connectivity index (χ2v) is 3.86. The zero-order chi connectivity index (χ0) is 12.5. The van der Waals surface area contributed by atoms with Gasteiger partial charge in [-0.05, 0) is 22.6 Å². The van der Waals surface area contributed by atoms with Crippen molar-refractivity contribution in [3.05, 3.63) is 30.3 Å². The van der Waals surface area contributed by atoms with Crippen molar-refractivity contribution in [2.75, 3.05) is 7.11 Å². The highest BCUT2D eigenvalue weighted by atomic mass is 16.5. The molecule has 0 atom stereocenters. The van der Waals surface area contributed by atoms with Gasteiger partial charge < -0.3 is 4.74 Å². The van der Waals surface area contributed by atoms with Gasteiger partial charge in [0.1, 0.15) is 0 Å². The molecule has 0 saturated carbocycles. The van der Waals surface area contributed by atoms with Crippen LogP contribution in [0.1, 0.15) is 0 Å². The highest BCUT2D eigenvalue weighted by molar-refractivity contribution is 5.84. The van der Waals surface area contributed by atoms with E-state index >= 15 is 0 Å². The molecule has 3 aromatic rings. The summed E-state index contributed by atoms with van der Waals surface area (Å²) in [7, 11) is 3.37. The molecule has 6 heteroatoms. The Labute approximate surface area is 103 Å². The lowest BCUT2D eigenvalue weighted by Crippen LogP contribution is -1.99. The molecule has 0 fully saturated rings. The standard InChI is InChI=1S/C12H11N5O/c1-17-11(14-15-16-17)9-7-8-5-3-4-6-10(8)13-12(9)18-2/h3-7H,1-2H3. The molecule has 2 heterocycles. The minimum atomic E-state index is 0.520. The van der Waals surface area contributed by atoms with Gasteiger partial charge in [0, 0.05) is 12.4 Å². The van der Waals surface area contributed by atoms with Gasteiger partial charge in [-0.15, -0.1) is 5.10 Å². The molecule has 6 nitrogen and oxygen atoms in total. The third kappa shape index (κ3) is 1.58. The first-order chi connectivity index (χ1) is 8.79. The Kier molecular flexibility index (Phi) is 2.40. The van der Waals surface area contributed by atoms with Gasteiger partial charge in [-0.2, -0.15) is 0 Å². The number of hydrogen-bond acceptors (Lipinski definition) is 5. The number of tetrazole rings is 1. The topological polar surface area (TPSA) is 65.7 Å². The van der Waals surface area contributed by atoms with Gasteiger partial charge in [0.05, 0.1) is 18.2 Å². The van der Waals surface area contributed by atoms with Crippen molar-refractivity contribution < 1.29 is 4.74 Å². The summed E-state index contributed by atoms with van der Waals surface area (Å²) >= 11 is 0. The molecular formula is C12H11N5O. The van der Waals surface area contributed by atoms with Crippen LogP contribution < -0.4 is 4.74 Å². The normalized spacial score (nSPS) is 10.8. The largest absolute Gasteiger partial charge is 0.480 e. The van der Waals surface area contributed by atoms with Crippen LogP contribution in [0.15, 0.2) is 30.3 Å². The number of fused-ring (bicyclic) bond motifs is 1. The highest BCUT2D eigenvalue weighted by Crippen LogP contribution is 2.29. The van der Waals surface area contributed by atoms with Crippen LogP contribution in [-0.4, -0.2) is 32.3 Å². The molecule has 0 spiro atoms. The van der Waals surface area contributed by atoms with E-state index in [4.69, 9.17) is 4.74 Å². The van der Waals surface area contributed by atoms with E-state index in [9.17, 15) is 0 Å². The Morgan fingerprint density at radius 3 is 2.78 bits per heavy atom. The van der Waals surface area contributed by atoms with E-state index in [2.05, 4.69) is 20.5 Å². The maximum absolute atomic E-state index is 5.31. The number of methoxy groups -OCH3 is 1. The summed E-state index contributed by atoms with van der Waals surface area (Å²) in [4.78, 5) is 4.46. The fourth-order valence-corrected chi connectivity index (χ4v) is 1.87. The first-order valence-electron chi connectivity index (χ1n) is 5.46. The summed E-state index contributed by atoms with van der Waals surface area (Å²) in [5.74, 6) is 1.15. The second kappa shape index (κ2) is 4.06. The van der Waals surface area contributed by atoms with Gasteiger partial charge in [0.2, 0.25) is 5.88 Å². The fraction of sp³-hybridized carbons (Fsp3) is 0.167. The van der Waals surface area contributed by atoms with Crippen molar-refractivity contribution in [2.45, 2.75) is 0 Å². The number of pyridine rings is 1. The van der Waals surface area contributed by atoms with Gasteiger partial charge in [-0.25, -0.2) is 9.67 Å². The Morgan fingerprint density at radius 1 is 1.22 bits per heavy atom. The van der Waals surface area contributed by atoms with E-state index in [0.717, 1.165) is 16.5 Å². The molecule has 0 saturated heterocycles. The molecule has 0 aliphatic rings. The summed E-state index contributed by atoms with van der Waals surface area (Å²) in [6, 6.07) is 9.83. The minimum Gasteiger partial charge on any atom is -0.480 e. The molecule has 0 N–H and O–H groups in total. The SMILES string of the molecule is COc1nc2ccccc2cc1-c1nnnn1C. The van der Waals surface area contributed by atoms with Crippen LogP contribution in [0.5, 0.6) is 5.88 Å². The average Bonchev–Trinajstić information content (AvgIpc) is 2.83. The van der Waals surface area contributed by atoms with Crippen LogP contribution >= 0.6 is 0 Å². The summed E-state index contributed by atoms with van der Waals surface area (Å²) in [5, 5.41) is 12.5. The molecular weight excluding hydrogens is 230 g/mol. The maximum Gasteiger partial charge on any atom is 0.224 e. The summed E-state index contributed by atoms with van der Waals surface area (Å²) in [6.45, 7) is 0. The lowest BCUT2D eigenvalue weighted by Gasteiger charge is -2.07. The van der Waals surface area contributed by atoms with Crippen molar-refractivity contribution in [2.24, 2.45) is 7.05 Å². The monoisotopic (exact) mass is 241 g/mol. The predicted molar refractivity (Wildman–Crippen MR) is 66.1 cm³/mol. The molecule has 1 aromatic carbocycles. The lowest BCUT2D eigenvalue weighted by atomic mass is 10.1. The molecule has 90 valence electrons. The van der Waals surface area contributed by atoms with Crippen LogP contribution in [0.4, 0.5) is 0 Å². The molecule has 0 radical (unpaired) electrons. The van der Waals surface area contributed by atoms with Gasteiger partial charge >= 0.3 is 0 Å². The second-order valence-electron chi connectivity index (χ2n) is 3.86. The van der Waals surface area contributed by atoms with E-state index < -0.39 is 0 Å². The Bertz CT molecular complexity index is 707. The van der Waals surface area contributed by atoms with Crippen molar-refractivity contribution in [1.29, 1.82) is 0 Å². The highest BCUT2D eigenvalue weighted by Gasteiger charge is 2.14. The molecule has 0 aliphatic carbocycles. The first kappa shape index (κ1) is 10.6. The molecule has 0 amide bonds.